The van der Waals surface area contributed by atoms with E-state index < -0.39 is 0 Å². The van der Waals surface area contributed by atoms with Crippen molar-refractivity contribution in [3.8, 4) is 23.0 Å². The van der Waals surface area contributed by atoms with E-state index in [2.05, 4.69) is 0 Å². The molecule has 0 atom stereocenters. The molecule has 0 aliphatic carbocycles. The van der Waals surface area contributed by atoms with Gasteiger partial charge in [0.2, 0.25) is 0 Å². The van der Waals surface area contributed by atoms with Crippen LogP contribution in [0.25, 0.3) is 6.08 Å². The fourth-order valence-corrected chi connectivity index (χ4v) is 2.89. The number of allylic oxidation sites excluding steroid dienone is 1. The molecule has 6 heteroatoms. The van der Waals surface area contributed by atoms with Crippen LogP contribution in [0.5, 0.6) is 23.0 Å². The number of rotatable bonds is 5. The highest BCUT2D eigenvalue weighted by Crippen LogP contribution is 2.38. The highest BCUT2D eigenvalue weighted by molar-refractivity contribution is 6.32. The van der Waals surface area contributed by atoms with Crippen LogP contribution in [0.4, 0.5) is 0 Å². The summed E-state index contributed by atoms with van der Waals surface area (Å²) in [4.78, 5) is 12.6. The number of fused-ring (bicyclic) bond motifs is 1. The Hall–Kier alpha value is -2.66. The molecule has 3 rings (SSSR count). The lowest BCUT2D eigenvalue weighted by atomic mass is 10.1. The summed E-state index contributed by atoms with van der Waals surface area (Å²) in [5.74, 6) is 1.99. The molecule has 0 radical (unpaired) electrons. The van der Waals surface area contributed by atoms with Gasteiger partial charge in [-0.2, -0.15) is 0 Å². The van der Waals surface area contributed by atoms with Crippen molar-refractivity contribution < 1.29 is 23.7 Å². The van der Waals surface area contributed by atoms with Crippen molar-refractivity contribution in [1.29, 1.82) is 0 Å². The van der Waals surface area contributed by atoms with Gasteiger partial charge in [-0.3, -0.25) is 4.79 Å². The van der Waals surface area contributed by atoms with E-state index in [1.807, 2.05) is 0 Å². The number of hydrogen-bond donors (Lipinski definition) is 0. The second-order valence-corrected chi connectivity index (χ2v) is 6.05. The summed E-state index contributed by atoms with van der Waals surface area (Å²) in [5, 5.41) is 0.454. The lowest BCUT2D eigenvalue weighted by Crippen LogP contribution is -2.00. The predicted octanol–water partition coefficient (Wildman–Crippen LogP) is 4.41. The number of ether oxygens (including phenoxy) is 4. The van der Waals surface area contributed by atoms with Crippen molar-refractivity contribution in [2.45, 2.75) is 6.42 Å². The van der Waals surface area contributed by atoms with Gasteiger partial charge in [0.1, 0.15) is 11.5 Å². The van der Waals surface area contributed by atoms with Crippen LogP contribution in [0, 0.1) is 0 Å². The van der Waals surface area contributed by atoms with Crippen LogP contribution < -0.4 is 18.9 Å². The molecule has 0 fully saturated rings. The maximum absolute atomic E-state index is 12.6. The molecule has 2 aromatic rings. The van der Waals surface area contributed by atoms with Crippen LogP contribution in [0.2, 0.25) is 5.02 Å². The van der Waals surface area contributed by atoms with Gasteiger partial charge in [-0.25, -0.2) is 0 Å². The quantitative estimate of drug-likeness (QED) is 0.573. The van der Waals surface area contributed by atoms with E-state index in [4.69, 9.17) is 30.5 Å². The molecule has 2 aromatic carbocycles. The average molecular weight is 375 g/mol. The smallest absolute Gasteiger partial charge is 0.189 e. The molecule has 0 spiro atoms. The van der Waals surface area contributed by atoms with Gasteiger partial charge in [-0.1, -0.05) is 17.7 Å². The Labute approximate surface area is 157 Å². The zero-order valence-electron chi connectivity index (χ0n) is 14.6. The number of carbonyl (C=O) groups excluding carboxylic acids is 1. The third-order valence-corrected chi connectivity index (χ3v) is 4.20. The predicted molar refractivity (Wildman–Crippen MR) is 100.0 cm³/mol. The van der Waals surface area contributed by atoms with Gasteiger partial charge >= 0.3 is 0 Å². The second-order valence-electron chi connectivity index (χ2n) is 5.64. The molecule has 5 nitrogen and oxygen atoms in total. The van der Waals surface area contributed by atoms with E-state index in [0.29, 0.717) is 46.8 Å². The van der Waals surface area contributed by atoms with Gasteiger partial charge in [-0.05, 0) is 42.0 Å². The molecule has 0 unspecified atom stereocenters. The monoisotopic (exact) mass is 374 g/mol. The van der Waals surface area contributed by atoms with Crippen molar-refractivity contribution >= 4 is 23.5 Å². The Morgan fingerprint density at radius 3 is 2.69 bits per heavy atom. The zero-order chi connectivity index (χ0) is 18.5. The van der Waals surface area contributed by atoms with E-state index in [0.717, 1.165) is 12.0 Å². The Balaban J connectivity index is 1.87. The first-order valence-electron chi connectivity index (χ1n) is 8.16. The first kappa shape index (κ1) is 18.1. The summed E-state index contributed by atoms with van der Waals surface area (Å²) in [6, 6.07) is 8.63. The molecular formula is C20H19ClO5. The van der Waals surface area contributed by atoms with Crippen LogP contribution >= 0.6 is 11.6 Å². The maximum Gasteiger partial charge on any atom is 0.189 e. The van der Waals surface area contributed by atoms with Crippen molar-refractivity contribution in [3.05, 3.63) is 52.6 Å². The molecule has 1 heterocycles. The summed E-state index contributed by atoms with van der Waals surface area (Å²) in [6.07, 6.45) is 3.94. The maximum atomic E-state index is 12.6. The lowest BCUT2D eigenvalue weighted by molar-refractivity contribution is 0.104. The number of ketones is 1. The standard InChI is InChI=1S/C20H19ClO5/c1-23-14-5-7-18(24-2)15(12-14)17(22)6-4-13-10-16(21)20-19(11-13)25-8-3-9-26-20/h4-7,10-12H,3,8-9H2,1-2H3/b6-4+. The zero-order valence-corrected chi connectivity index (χ0v) is 15.3. The number of hydrogen-bond acceptors (Lipinski definition) is 5. The molecule has 26 heavy (non-hydrogen) atoms. The minimum atomic E-state index is -0.205. The van der Waals surface area contributed by atoms with Crippen LogP contribution in [-0.4, -0.2) is 33.2 Å². The van der Waals surface area contributed by atoms with Gasteiger partial charge in [0.15, 0.2) is 17.3 Å². The van der Waals surface area contributed by atoms with Gasteiger partial charge in [-0.15, -0.1) is 0 Å². The summed E-state index contributed by atoms with van der Waals surface area (Å²) in [7, 11) is 3.07. The Bertz CT molecular complexity index is 844. The molecule has 0 saturated carbocycles. The average Bonchev–Trinajstić information content (AvgIpc) is 2.91. The Morgan fingerprint density at radius 2 is 1.92 bits per heavy atom. The van der Waals surface area contributed by atoms with Crippen molar-refractivity contribution in [1.82, 2.24) is 0 Å². The van der Waals surface area contributed by atoms with Gasteiger partial charge in [0.25, 0.3) is 0 Å². The summed E-state index contributed by atoms with van der Waals surface area (Å²) in [6.45, 7) is 1.13. The summed E-state index contributed by atoms with van der Waals surface area (Å²) in [5.41, 5.74) is 1.16. The fraction of sp³-hybridized carbons (Fsp3) is 0.250. The largest absolute Gasteiger partial charge is 0.497 e. The highest BCUT2D eigenvalue weighted by Gasteiger charge is 2.15. The fourth-order valence-electron chi connectivity index (χ4n) is 2.62. The Morgan fingerprint density at radius 1 is 1.12 bits per heavy atom. The van der Waals surface area contributed by atoms with Crippen LogP contribution in [-0.2, 0) is 0 Å². The third kappa shape index (κ3) is 3.94. The normalized spacial score (nSPS) is 13.3. The van der Waals surface area contributed by atoms with Crippen LogP contribution in [0.3, 0.4) is 0 Å². The van der Waals surface area contributed by atoms with E-state index in [1.165, 1.54) is 13.2 Å². The molecule has 0 aromatic heterocycles. The molecule has 1 aliphatic heterocycles. The molecule has 0 N–H and O–H groups in total. The Kier molecular flexibility index (Phi) is 5.68. The number of carbonyl (C=O) groups is 1. The molecular weight excluding hydrogens is 356 g/mol. The van der Waals surface area contributed by atoms with E-state index in [9.17, 15) is 4.79 Å². The van der Waals surface area contributed by atoms with Gasteiger partial charge < -0.3 is 18.9 Å². The molecule has 0 bridgehead atoms. The number of benzene rings is 2. The van der Waals surface area contributed by atoms with E-state index in [1.54, 1.807) is 43.5 Å². The van der Waals surface area contributed by atoms with E-state index in [-0.39, 0.29) is 5.78 Å². The van der Waals surface area contributed by atoms with E-state index >= 15 is 0 Å². The minimum absolute atomic E-state index is 0.205. The van der Waals surface area contributed by atoms with Gasteiger partial charge in [0, 0.05) is 6.42 Å². The third-order valence-electron chi connectivity index (χ3n) is 3.92. The number of methoxy groups -OCH3 is 2. The topological polar surface area (TPSA) is 54.0 Å². The first-order chi connectivity index (χ1) is 12.6. The molecule has 136 valence electrons. The minimum Gasteiger partial charge on any atom is -0.497 e. The second kappa shape index (κ2) is 8.15. The first-order valence-corrected chi connectivity index (χ1v) is 8.53. The van der Waals surface area contributed by atoms with Crippen molar-refractivity contribution in [2.24, 2.45) is 0 Å². The summed E-state index contributed by atoms with van der Waals surface area (Å²) < 4.78 is 21.7. The number of halogens is 1. The van der Waals surface area contributed by atoms with Gasteiger partial charge in [0.05, 0.1) is 38.0 Å². The van der Waals surface area contributed by atoms with Crippen molar-refractivity contribution in [3.63, 3.8) is 0 Å². The highest BCUT2D eigenvalue weighted by atomic mass is 35.5. The molecule has 1 aliphatic rings. The lowest BCUT2D eigenvalue weighted by Gasteiger charge is -2.10. The SMILES string of the molecule is COc1ccc(OC)c(C(=O)/C=C/c2cc(Cl)c3c(c2)OCCCO3)c1. The molecule has 0 saturated heterocycles. The van der Waals surface area contributed by atoms with Crippen LogP contribution in [0.1, 0.15) is 22.3 Å². The summed E-state index contributed by atoms with van der Waals surface area (Å²) >= 11 is 6.28. The van der Waals surface area contributed by atoms with Crippen LogP contribution in [0.15, 0.2) is 36.4 Å². The van der Waals surface area contributed by atoms with Crippen molar-refractivity contribution in [2.75, 3.05) is 27.4 Å². The molecule has 0 amide bonds.